The normalized spacial score (nSPS) is 11.3. The van der Waals surface area contributed by atoms with E-state index in [1.807, 2.05) is 103 Å². The molecule has 0 spiro atoms. The highest BCUT2D eigenvalue weighted by Gasteiger charge is 2.09. The molecule has 49 heavy (non-hydrogen) atoms. The van der Waals surface area contributed by atoms with E-state index < -0.39 is 0 Å². The van der Waals surface area contributed by atoms with Crippen molar-refractivity contribution in [3.63, 3.8) is 0 Å². The van der Waals surface area contributed by atoms with Gasteiger partial charge in [0.05, 0.1) is 24.6 Å². The molecule has 1 heterocycles. The second-order valence-corrected chi connectivity index (χ2v) is 12.9. The summed E-state index contributed by atoms with van der Waals surface area (Å²) in [5.74, 6) is 1.91. The van der Waals surface area contributed by atoms with Gasteiger partial charge < -0.3 is 14.2 Å². The van der Waals surface area contributed by atoms with Crippen LogP contribution in [0.4, 0.5) is 11.4 Å². The van der Waals surface area contributed by atoms with Crippen molar-refractivity contribution in [2.45, 2.75) is 51.4 Å². The zero-order chi connectivity index (χ0) is 33.9. The van der Waals surface area contributed by atoms with Crippen molar-refractivity contribution in [3.8, 4) is 17.2 Å². The molecule has 1 aromatic heterocycles. The van der Waals surface area contributed by atoms with Crippen LogP contribution in [0.2, 0.25) is 5.02 Å². The SMILES string of the molecule is O=C(Oc1ccc(C=Nc2ccc(OCCCCCCCCCCOc3ccc(C=Nc4ccc(Cl)cc4)cc3)cc2)cc1)c1cccs1. The van der Waals surface area contributed by atoms with Crippen LogP contribution in [0, 0.1) is 0 Å². The number of rotatable bonds is 19. The van der Waals surface area contributed by atoms with E-state index in [-0.39, 0.29) is 5.97 Å². The lowest BCUT2D eigenvalue weighted by Crippen LogP contribution is -2.06. The van der Waals surface area contributed by atoms with Crippen LogP contribution in [0.5, 0.6) is 17.2 Å². The molecule has 6 nitrogen and oxygen atoms in total. The van der Waals surface area contributed by atoms with Gasteiger partial charge in [0.15, 0.2) is 0 Å². The molecule has 0 saturated heterocycles. The zero-order valence-corrected chi connectivity index (χ0v) is 29.1. The summed E-state index contributed by atoms with van der Waals surface area (Å²) in [4.78, 5) is 21.7. The van der Waals surface area contributed by atoms with Crippen LogP contribution >= 0.6 is 22.9 Å². The van der Waals surface area contributed by atoms with E-state index in [1.165, 1.54) is 49.9 Å². The van der Waals surface area contributed by atoms with Gasteiger partial charge in [-0.2, -0.15) is 0 Å². The predicted octanol–water partition coefficient (Wildman–Crippen LogP) is 11.7. The van der Waals surface area contributed by atoms with Crippen molar-refractivity contribution in [1.29, 1.82) is 0 Å². The Morgan fingerprint density at radius 1 is 0.571 bits per heavy atom. The minimum atomic E-state index is -0.346. The average Bonchev–Trinajstić information content (AvgIpc) is 3.68. The first kappa shape index (κ1) is 35.6. The van der Waals surface area contributed by atoms with Gasteiger partial charge in [-0.15, -0.1) is 11.3 Å². The summed E-state index contributed by atoms with van der Waals surface area (Å²) >= 11 is 7.28. The first-order chi connectivity index (χ1) is 24.1. The lowest BCUT2D eigenvalue weighted by molar-refractivity contribution is 0.0740. The summed E-state index contributed by atoms with van der Waals surface area (Å²) in [7, 11) is 0. The Morgan fingerprint density at radius 2 is 1.02 bits per heavy atom. The summed E-state index contributed by atoms with van der Waals surface area (Å²) in [6, 6.07) is 34.2. The molecule has 0 radical (unpaired) electrons. The standard InChI is InChI=1S/C41H41ClN2O4S/c42-34-15-17-35(18-16-34)43-30-32-11-21-37(22-12-32)46-27-7-5-3-1-2-4-6-8-28-47-38-25-19-36(20-26-38)44-31-33-13-23-39(24-14-33)48-41(45)40-10-9-29-49-40/h9-26,29-31H,1-8,27-28H2. The second kappa shape index (κ2) is 19.9. The van der Waals surface area contributed by atoms with Crippen molar-refractivity contribution in [1.82, 2.24) is 0 Å². The third-order valence-corrected chi connectivity index (χ3v) is 8.76. The van der Waals surface area contributed by atoms with Gasteiger partial charge in [0.25, 0.3) is 0 Å². The maximum atomic E-state index is 12.1. The second-order valence-electron chi connectivity index (χ2n) is 11.5. The smallest absolute Gasteiger partial charge is 0.353 e. The van der Waals surface area contributed by atoms with Gasteiger partial charge in [-0.05, 0) is 132 Å². The van der Waals surface area contributed by atoms with Crippen LogP contribution in [-0.2, 0) is 0 Å². The Labute approximate surface area is 298 Å². The van der Waals surface area contributed by atoms with Gasteiger partial charge in [0.1, 0.15) is 22.1 Å². The van der Waals surface area contributed by atoms with Gasteiger partial charge in [-0.25, -0.2) is 4.79 Å². The molecule has 252 valence electrons. The highest BCUT2D eigenvalue weighted by molar-refractivity contribution is 7.12. The number of thiophene rings is 1. The monoisotopic (exact) mass is 692 g/mol. The van der Waals surface area contributed by atoms with E-state index in [0.717, 1.165) is 60.1 Å². The Bertz CT molecular complexity index is 1740. The summed E-state index contributed by atoms with van der Waals surface area (Å²) in [6.07, 6.45) is 13.1. The molecule has 0 N–H and O–H groups in total. The number of carbonyl (C=O) groups is 1. The maximum absolute atomic E-state index is 12.1. The van der Waals surface area contributed by atoms with E-state index in [0.29, 0.717) is 15.6 Å². The van der Waals surface area contributed by atoms with Crippen molar-refractivity contribution >= 4 is 52.7 Å². The van der Waals surface area contributed by atoms with Crippen LogP contribution < -0.4 is 14.2 Å². The van der Waals surface area contributed by atoms with Gasteiger partial charge in [-0.3, -0.25) is 9.98 Å². The molecule has 0 unspecified atom stereocenters. The van der Waals surface area contributed by atoms with Crippen LogP contribution in [0.25, 0.3) is 0 Å². The lowest BCUT2D eigenvalue weighted by atomic mass is 10.1. The highest BCUT2D eigenvalue weighted by Crippen LogP contribution is 2.21. The minimum absolute atomic E-state index is 0.346. The Kier molecular flexibility index (Phi) is 14.5. The summed E-state index contributed by atoms with van der Waals surface area (Å²) in [5.41, 5.74) is 3.67. The first-order valence-corrected chi connectivity index (χ1v) is 18.0. The Balaban J connectivity index is 0.855. The number of benzene rings is 4. The van der Waals surface area contributed by atoms with Gasteiger partial charge in [-0.1, -0.05) is 56.2 Å². The van der Waals surface area contributed by atoms with E-state index in [2.05, 4.69) is 9.98 Å². The quantitative estimate of drug-likeness (QED) is 0.0374. The number of ether oxygens (including phenoxy) is 3. The molecule has 0 aliphatic carbocycles. The third-order valence-electron chi connectivity index (χ3n) is 7.66. The Hall–Kier alpha value is -4.72. The molecular formula is C41H41ClN2O4S. The number of hydrogen-bond acceptors (Lipinski definition) is 7. The number of hydrogen-bond donors (Lipinski definition) is 0. The molecule has 5 aromatic rings. The number of nitrogens with zero attached hydrogens (tertiary/aromatic N) is 2. The van der Waals surface area contributed by atoms with Crippen LogP contribution in [0.15, 0.2) is 125 Å². The fourth-order valence-corrected chi connectivity index (χ4v) is 5.65. The molecule has 0 aliphatic heterocycles. The maximum Gasteiger partial charge on any atom is 0.353 e. The summed E-state index contributed by atoms with van der Waals surface area (Å²) in [5, 5.41) is 2.56. The molecular weight excluding hydrogens is 652 g/mol. The molecule has 5 rings (SSSR count). The van der Waals surface area contributed by atoms with Crippen molar-refractivity contribution in [2.75, 3.05) is 13.2 Å². The first-order valence-electron chi connectivity index (χ1n) is 16.8. The van der Waals surface area contributed by atoms with E-state index in [4.69, 9.17) is 25.8 Å². The minimum Gasteiger partial charge on any atom is -0.494 e. The molecule has 0 saturated carbocycles. The summed E-state index contributed by atoms with van der Waals surface area (Å²) in [6.45, 7) is 1.47. The van der Waals surface area contributed by atoms with E-state index >= 15 is 0 Å². The van der Waals surface area contributed by atoms with Crippen molar-refractivity contribution < 1.29 is 19.0 Å². The van der Waals surface area contributed by atoms with Crippen molar-refractivity contribution in [2.24, 2.45) is 9.98 Å². The van der Waals surface area contributed by atoms with Crippen LogP contribution in [-0.4, -0.2) is 31.6 Å². The van der Waals surface area contributed by atoms with Gasteiger partial charge >= 0.3 is 5.97 Å². The topological polar surface area (TPSA) is 69.5 Å². The zero-order valence-electron chi connectivity index (χ0n) is 27.5. The molecule has 0 fully saturated rings. The number of esters is 1. The largest absolute Gasteiger partial charge is 0.494 e. The molecule has 0 atom stereocenters. The number of unbranched alkanes of at least 4 members (excludes halogenated alkanes) is 7. The number of aliphatic imine (C=N–C) groups is 2. The molecule has 4 aromatic carbocycles. The van der Waals surface area contributed by atoms with Crippen LogP contribution in [0.1, 0.15) is 72.2 Å². The number of carbonyl (C=O) groups excluding carboxylic acids is 1. The number of halogens is 1. The fraction of sp³-hybridized carbons (Fsp3) is 0.244. The molecule has 0 aliphatic rings. The van der Waals surface area contributed by atoms with Gasteiger partial charge in [0, 0.05) is 17.5 Å². The van der Waals surface area contributed by atoms with Crippen molar-refractivity contribution in [3.05, 3.63) is 136 Å². The molecule has 0 amide bonds. The molecule has 8 heteroatoms. The highest BCUT2D eigenvalue weighted by atomic mass is 35.5. The van der Waals surface area contributed by atoms with Gasteiger partial charge in [0.2, 0.25) is 0 Å². The molecule has 0 bridgehead atoms. The third kappa shape index (κ3) is 13.0. The Morgan fingerprint density at radius 3 is 1.51 bits per heavy atom. The summed E-state index contributed by atoms with van der Waals surface area (Å²) < 4.78 is 17.2. The van der Waals surface area contributed by atoms with Crippen LogP contribution in [0.3, 0.4) is 0 Å². The van der Waals surface area contributed by atoms with E-state index in [9.17, 15) is 4.79 Å². The lowest BCUT2D eigenvalue weighted by Gasteiger charge is -2.07. The average molecular weight is 693 g/mol. The predicted molar refractivity (Wildman–Crippen MR) is 202 cm³/mol. The van der Waals surface area contributed by atoms with E-state index in [1.54, 1.807) is 24.4 Å². The fourth-order valence-electron chi connectivity index (χ4n) is 4.92.